The molecule has 134 valence electrons. The molecule has 0 aliphatic carbocycles. The van der Waals surface area contributed by atoms with E-state index in [0.29, 0.717) is 0 Å². The van der Waals surface area contributed by atoms with Gasteiger partial charge in [-0.1, -0.05) is 6.99 Å². The van der Waals surface area contributed by atoms with Crippen LogP contribution < -0.4 is 0 Å². The molecule has 22 heteroatoms. The summed E-state index contributed by atoms with van der Waals surface area (Å²) in [4.78, 5) is 0. The SMILES string of the molecule is [PH-]P([PH-])P(P(P)P)P(P(P(P)P)P(P)P)P(P(P)P)P(P)P. The van der Waals surface area contributed by atoms with Gasteiger partial charge in [0.05, 0.1) is 0 Å². The topological polar surface area (TPSA) is 0 Å². The van der Waals surface area contributed by atoms with E-state index in [-0.39, 0.29) is 69.9 Å². The minimum absolute atomic E-state index is 0.0127. The monoisotopic (exact) mass is 704 g/mol. The van der Waals surface area contributed by atoms with Gasteiger partial charge in [0.15, 0.2) is 0 Å². The lowest BCUT2D eigenvalue weighted by atomic mass is 28.5. The molecule has 0 aromatic rings. The molecule has 0 aromatic carbocycles. The lowest BCUT2D eigenvalue weighted by molar-refractivity contribution is 4.47. The van der Waals surface area contributed by atoms with E-state index in [1.807, 2.05) is 0 Å². The minimum atomic E-state index is -0.215. The highest BCUT2D eigenvalue weighted by molar-refractivity contribution is 9.38. The average molecular weight is 704 g/mol. The highest BCUT2D eigenvalue weighted by atomic mass is 33.4. The Morgan fingerprint density at radius 1 is 0.364 bits per heavy atom. The first-order valence-corrected chi connectivity index (χ1v) is 43.5. The van der Waals surface area contributed by atoms with Crippen molar-refractivity contribution in [2.24, 2.45) is 0 Å². The van der Waals surface area contributed by atoms with Gasteiger partial charge in [0.25, 0.3) is 0 Å². The van der Waals surface area contributed by atoms with E-state index in [2.05, 4.69) is 107 Å². The lowest BCUT2D eigenvalue weighted by Gasteiger charge is -2.53. The van der Waals surface area contributed by atoms with Gasteiger partial charge in [0, 0.05) is 0 Å². The molecule has 11 atom stereocenters. The summed E-state index contributed by atoms with van der Waals surface area (Å²) in [6.45, 7) is -0.0948. The Morgan fingerprint density at radius 2 is 0.591 bits per heavy atom. The zero-order valence-electron chi connectivity index (χ0n) is 11.2. The van der Waals surface area contributed by atoms with E-state index < -0.39 is 0 Å². The van der Waals surface area contributed by atoms with Gasteiger partial charge in [-0.05, 0) is 55.9 Å². The normalized spacial score (nSPS) is 15.1. The third kappa shape index (κ3) is 11.5. The first-order chi connectivity index (χ1) is 9.93. The van der Waals surface area contributed by atoms with Crippen LogP contribution in [0.25, 0.3) is 0 Å². The van der Waals surface area contributed by atoms with E-state index >= 15 is 0 Å². The quantitative estimate of drug-likeness (QED) is 0.210. The summed E-state index contributed by atoms with van der Waals surface area (Å²) in [6.07, 6.45) is 0. The van der Waals surface area contributed by atoms with Gasteiger partial charge in [-0.3, -0.25) is 0 Å². The molecular weight excluding hydrogens is 681 g/mol. The van der Waals surface area contributed by atoms with Gasteiger partial charge in [-0.15, -0.1) is 89.3 Å². The highest BCUT2D eigenvalue weighted by Gasteiger charge is 2.41. The largest absolute Gasteiger partial charge is 0.553 e. The van der Waals surface area contributed by atoms with Crippen LogP contribution >= 0.6 is 177 Å². The van der Waals surface area contributed by atoms with Crippen molar-refractivity contribution in [3.8, 4) is 0 Å². The fourth-order valence-corrected chi connectivity index (χ4v) is 267. The van der Waals surface area contributed by atoms with Crippen molar-refractivity contribution in [1.82, 2.24) is 0 Å². The van der Waals surface area contributed by atoms with E-state index in [9.17, 15) is 0 Å². The van der Waals surface area contributed by atoms with Gasteiger partial charge in [-0.2, -0.15) is 0 Å². The molecule has 0 aromatic heterocycles. The van der Waals surface area contributed by atoms with Crippen molar-refractivity contribution < 1.29 is 0 Å². The molecule has 0 saturated heterocycles. The van der Waals surface area contributed by atoms with Crippen LogP contribution in [0.5, 0.6) is 0 Å². The van der Waals surface area contributed by atoms with Crippen molar-refractivity contribution in [2.45, 2.75) is 0 Å². The Kier molecular flexibility index (Phi) is 24.3. The predicted octanol–water partition coefficient (Wildman–Crippen LogP) is 13.1. The lowest BCUT2D eigenvalue weighted by Crippen LogP contribution is -1.59. The van der Waals surface area contributed by atoms with Crippen LogP contribution in [-0.4, -0.2) is 0 Å². The van der Waals surface area contributed by atoms with Crippen molar-refractivity contribution in [1.29, 1.82) is 0 Å². The summed E-state index contributed by atoms with van der Waals surface area (Å²) >= 11 is 0. The maximum atomic E-state index is 4.04. The molecule has 0 bridgehead atoms. The van der Waals surface area contributed by atoms with Crippen molar-refractivity contribution in [2.75, 3.05) is 0 Å². The van der Waals surface area contributed by atoms with E-state index in [4.69, 9.17) is 0 Å². The predicted molar refractivity (Wildman–Crippen MR) is 183 cm³/mol. The second-order valence-corrected chi connectivity index (χ2v) is 88.7. The summed E-state index contributed by atoms with van der Waals surface area (Å²) in [7, 11) is 39.7. The third-order valence-electron chi connectivity index (χ3n) is 1.69. The molecule has 0 rings (SSSR count). The van der Waals surface area contributed by atoms with Crippen LogP contribution in [0.15, 0.2) is 0 Å². The number of hydrogen-bond donors (Lipinski definition) is 0. The van der Waals surface area contributed by atoms with Crippen LogP contribution in [0.1, 0.15) is 0 Å². The molecule has 0 fully saturated rings. The summed E-state index contributed by atoms with van der Waals surface area (Å²) in [5.41, 5.74) is 0. The first-order valence-electron chi connectivity index (χ1n) is 4.83. The zero-order valence-corrected chi connectivity index (χ0v) is 33.7. The van der Waals surface area contributed by atoms with E-state index in [0.717, 1.165) is 0 Å². The Bertz CT molecular complexity index is 211. The van der Waals surface area contributed by atoms with Gasteiger partial charge in [0.1, 0.15) is 0 Å². The summed E-state index contributed by atoms with van der Waals surface area (Å²) in [5.74, 6) is 0. The molecule has 0 nitrogen and oxygen atoms in total. The Hall–Kier alpha value is 9.46. The second-order valence-electron chi connectivity index (χ2n) is 3.29. The van der Waals surface area contributed by atoms with E-state index in [1.165, 1.54) is 0 Å². The van der Waals surface area contributed by atoms with Crippen LogP contribution in [0.3, 0.4) is 0 Å². The average Bonchev–Trinajstić information content (AvgIpc) is 2.24. The van der Waals surface area contributed by atoms with E-state index in [1.54, 1.807) is 0 Å². The molecule has 11 unspecified atom stereocenters. The summed E-state index contributed by atoms with van der Waals surface area (Å²) in [6, 6.07) is 0. The molecule has 0 aliphatic heterocycles. The van der Waals surface area contributed by atoms with Gasteiger partial charge in [0.2, 0.25) is 0 Å². The molecule has 0 saturated carbocycles. The molecule has 0 aliphatic rings. The van der Waals surface area contributed by atoms with Crippen molar-refractivity contribution in [3.63, 3.8) is 0 Å². The Morgan fingerprint density at radius 3 is 0.727 bits per heavy atom. The maximum Gasteiger partial charge on any atom is -0.00517 e. The van der Waals surface area contributed by atoms with Crippen LogP contribution in [-0.2, 0) is 0 Å². The molecule has 0 N–H and O–H groups in total. The highest BCUT2D eigenvalue weighted by Crippen LogP contribution is 3.32. The van der Waals surface area contributed by atoms with Crippen LogP contribution in [0, 0.1) is 0 Å². The zero-order chi connectivity index (χ0) is 17.8. The summed E-state index contributed by atoms with van der Waals surface area (Å²) in [5, 5.41) is 0. The third-order valence-corrected chi connectivity index (χ3v) is 137. The molecule has 0 radical (unpaired) electrons. The fraction of sp³-hybridized carbons (Fsp3) is 0. The summed E-state index contributed by atoms with van der Waals surface area (Å²) < 4.78 is 0. The smallest absolute Gasteiger partial charge is 0.00517 e. The number of rotatable bonds is 9. The molecule has 0 spiro atoms. The molecule has 0 amide bonds. The van der Waals surface area contributed by atoms with Crippen LogP contribution in [0.2, 0.25) is 0 Å². The standard InChI is InChI=1S/H22P22/c1-13(2)19(14(3)4)22(20(15(5)6)16(7)8)21(17(9)10)18(11)12/h1-2H,3-12H2/q-2. The molecule has 0 heterocycles. The van der Waals surface area contributed by atoms with Gasteiger partial charge in [-0.25, -0.2) is 0 Å². The van der Waals surface area contributed by atoms with Crippen molar-refractivity contribution in [3.05, 3.63) is 0 Å². The maximum absolute atomic E-state index is 4.04. The first kappa shape index (κ1) is 31.5. The Labute approximate surface area is 175 Å². The molecule has 22 heavy (non-hydrogen) atoms. The molecular formula is H22P22-2. The Balaban J connectivity index is 6.03. The second kappa shape index (κ2) is 17.0. The van der Waals surface area contributed by atoms with Gasteiger partial charge < -0.3 is 24.8 Å². The van der Waals surface area contributed by atoms with Crippen LogP contribution in [0.4, 0.5) is 0 Å². The van der Waals surface area contributed by atoms with Crippen molar-refractivity contribution >= 4 is 177 Å². The fourth-order valence-electron chi connectivity index (χ4n) is 1.10. The van der Waals surface area contributed by atoms with Gasteiger partial charge >= 0.3 is 0 Å². The number of hydrogen-bond acceptors (Lipinski definition) is 0. The minimum Gasteiger partial charge on any atom is -0.553 e.